The van der Waals surface area contributed by atoms with Crippen LogP contribution in [0.5, 0.6) is 0 Å². The molecule has 0 aromatic carbocycles. The average Bonchev–Trinajstić information content (AvgIpc) is 2.76. The highest BCUT2D eigenvalue weighted by atomic mass is 16.6. The maximum atomic E-state index is 12.1. The van der Waals surface area contributed by atoms with E-state index in [1.54, 1.807) is 0 Å². The summed E-state index contributed by atoms with van der Waals surface area (Å²) in [5, 5.41) is 21.1. The summed E-state index contributed by atoms with van der Waals surface area (Å²) >= 11 is 0. The predicted molar refractivity (Wildman–Crippen MR) is 94.0 cm³/mol. The Balaban J connectivity index is 2.30. The summed E-state index contributed by atoms with van der Waals surface area (Å²) < 4.78 is 5.06. The Bertz CT molecular complexity index is 554. The number of allylic oxidation sites excluding steroid dienone is 4. The van der Waals surface area contributed by atoms with E-state index < -0.39 is 24.3 Å². The fourth-order valence-corrected chi connectivity index (χ4v) is 3.89. The SMILES string of the molecule is CC(C)=CCCC(C)C1C(O)CC(C)=CCC=C2C(=O)OC(O)C21. The molecule has 4 heteroatoms. The summed E-state index contributed by atoms with van der Waals surface area (Å²) in [7, 11) is 0. The van der Waals surface area contributed by atoms with Crippen LogP contribution in [0.25, 0.3) is 0 Å². The quantitative estimate of drug-likeness (QED) is 0.610. The zero-order chi connectivity index (χ0) is 17.9. The molecule has 0 amide bonds. The van der Waals surface area contributed by atoms with E-state index in [-0.39, 0.29) is 11.8 Å². The summed E-state index contributed by atoms with van der Waals surface area (Å²) in [5.74, 6) is -0.939. The molecule has 0 aromatic heterocycles. The van der Waals surface area contributed by atoms with Crippen molar-refractivity contribution in [3.63, 3.8) is 0 Å². The van der Waals surface area contributed by atoms with Gasteiger partial charge < -0.3 is 14.9 Å². The fraction of sp³-hybridized carbons (Fsp3) is 0.650. The minimum Gasteiger partial charge on any atom is -0.432 e. The highest BCUT2D eigenvalue weighted by Gasteiger charge is 2.47. The van der Waals surface area contributed by atoms with Crippen molar-refractivity contribution in [2.75, 3.05) is 0 Å². The molecular weight excluding hydrogens is 304 g/mol. The van der Waals surface area contributed by atoms with E-state index in [9.17, 15) is 15.0 Å². The number of rotatable bonds is 4. The molecule has 0 radical (unpaired) electrons. The summed E-state index contributed by atoms with van der Waals surface area (Å²) in [6, 6.07) is 0. The molecule has 1 saturated heterocycles. The Labute approximate surface area is 144 Å². The van der Waals surface area contributed by atoms with Crippen molar-refractivity contribution in [2.24, 2.45) is 17.8 Å². The minimum absolute atomic E-state index is 0.166. The van der Waals surface area contributed by atoms with Crippen LogP contribution in [0.15, 0.2) is 34.9 Å². The number of carbonyl (C=O) groups excluding carboxylic acids is 1. The molecule has 2 rings (SSSR count). The fourth-order valence-electron chi connectivity index (χ4n) is 3.89. The summed E-state index contributed by atoms with van der Waals surface area (Å²) in [6.45, 7) is 8.24. The molecule has 5 unspecified atom stereocenters. The number of carbonyl (C=O) groups is 1. The Kier molecular flexibility index (Phi) is 6.41. The second kappa shape index (κ2) is 8.13. The van der Waals surface area contributed by atoms with Crippen LogP contribution in [0.1, 0.15) is 53.4 Å². The van der Waals surface area contributed by atoms with Gasteiger partial charge in [0.25, 0.3) is 0 Å². The lowest BCUT2D eigenvalue weighted by Crippen LogP contribution is -2.38. The first-order chi connectivity index (χ1) is 11.3. The van der Waals surface area contributed by atoms with Crippen LogP contribution in [-0.2, 0) is 9.53 Å². The molecule has 0 aromatic rings. The second-order valence-electron chi connectivity index (χ2n) is 7.45. The smallest absolute Gasteiger partial charge is 0.336 e. The van der Waals surface area contributed by atoms with Gasteiger partial charge >= 0.3 is 5.97 Å². The predicted octanol–water partition coefficient (Wildman–Crippen LogP) is 3.50. The zero-order valence-electron chi connectivity index (χ0n) is 15.2. The Morgan fingerprint density at radius 3 is 2.75 bits per heavy atom. The van der Waals surface area contributed by atoms with E-state index in [0.717, 1.165) is 18.4 Å². The highest BCUT2D eigenvalue weighted by Crippen LogP contribution is 2.42. The van der Waals surface area contributed by atoms with E-state index >= 15 is 0 Å². The number of cyclic esters (lactones) is 1. The largest absolute Gasteiger partial charge is 0.432 e. The number of hydrogen-bond donors (Lipinski definition) is 2. The first-order valence-corrected chi connectivity index (χ1v) is 8.87. The van der Waals surface area contributed by atoms with Gasteiger partial charge in [-0.15, -0.1) is 0 Å². The van der Waals surface area contributed by atoms with E-state index in [1.165, 1.54) is 5.57 Å². The van der Waals surface area contributed by atoms with Crippen LogP contribution in [-0.4, -0.2) is 28.6 Å². The molecule has 1 aliphatic carbocycles. The molecular formula is C20H30O4. The van der Waals surface area contributed by atoms with Crippen molar-refractivity contribution in [2.45, 2.75) is 65.8 Å². The number of hydrogen-bond acceptors (Lipinski definition) is 4. The van der Waals surface area contributed by atoms with Crippen molar-refractivity contribution in [3.05, 3.63) is 34.9 Å². The van der Waals surface area contributed by atoms with Crippen LogP contribution < -0.4 is 0 Å². The van der Waals surface area contributed by atoms with E-state index in [1.807, 2.05) is 19.1 Å². The van der Waals surface area contributed by atoms with Crippen molar-refractivity contribution < 1.29 is 19.7 Å². The van der Waals surface area contributed by atoms with Crippen LogP contribution in [0, 0.1) is 17.8 Å². The molecule has 134 valence electrons. The first kappa shape index (κ1) is 18.9. The third-order valence-corrected chi connectivity index (χ3v) is 5.16. The van der Waals surface area contributed by atoms with Gasteiger partial charge in [0.15, 0.2) is 0 Å². The van der Waals surface area contributed by atoms with Gasteiger partial charge in [-0.25, -0.2) is 4.79 Å². The summed E-state index contributed by atoms with van der Waals surface area (Å²) in [4.78, 5) is 12.1. The topological polar surface area (TPSA) is 66.8 Å². The molecule has 4 nitrogen and oxygen atoms in total. The lowest BCUT2D eigenvalue weighted by atomic mass is 9.73. The normalized spacial score (nSPS) is 31.7. The second-order valence-corrected chi connectivity index (χ2v) is 7.45. The molecule has 5 atom stereocenters. The lowest BCUT2D eigenvalue weighted by molar-refractivity contribution is -0.159. The van der Waals surface area contributed by atoms with Gasteiger partial charge in [0.2, 0.25) is 6.29 Å². The Morgan fingerprint density at radius 2 is 2.08 bits per heavy atom. The number of ether oxygens (including phenoxy) is 1. The van der Waals surface area contributed by atoms with Crippen LogP contribution in [0.4, 0.5) is 0 Å². The molecule has 0 bridgehead atoms. The van der Waals surface area contributed by atoms with E-state index in [2.05, 4.69) is 26.8 Å². The van der Waals surface area contributed by atoms with Gasteiger partial charge in [0, 0.05) is 11.5 Å². The van der Waals surface area contributed by atoms with Crippen LogP contribution >= 0.6 is 0 Å². The summed E-state index contributed by atoms with van der Waals surface area (Å²) in [5.41, 5.74) is 2.91. The standard InChI is InChI=1S/C20H30O4/c1-12(2)7-5-9-14(4)17-16(21)11-13(3)8-6-10-15-18(17)20(23)24-19(15)22/h7-8,10,14,16-18,20-21,23H,5-6,9,11H2,1-4H3. The highest BCUT2D eigenvalue weighted by molar-refractivity contribution is 5.91. The molecule has 1 fully saturated rings. The van der Waals surface area contributed by atoms with Gasteiger partial charge in [0.1, 0.15) is 0 Å². The number of aliphatic hydroxyl groups excluding tert-OH is 2. The first-order valence-electron chi connectivity index (χ1n) is 8.87. The summed E-state index contributed by atoms with van der Waals surface area (Å²) in [6.07, 6.45) is 7.33. The number of aliphatic hydroxyl groups is 2. The van der Waals surface area contributed by atoms with Crippen LogP contribution in [0.2, 0.25) is 0 Å². The average molecular weight is 334 g/mol. The van der Waals surface area contributed by atoms with Crippen LogP contribution in [0.3, 0.4) is 0 Å². The monoisotopic (exact) mass is 334 g/mol. The molecule has 0 saturated carbocycles. The molecule has 2 aliphatic rings. The van der Waals surface area contributed by atoms with Crippen molar-refractivity contribution >= 4 is 5.97 Å². The maximum absolute atomic E-state index is 12.1. The molecule has 24 heavy (non-hydrogen) atoms. The Morgan fingerprint density at radius 1 is 1.38 bits per heavy atom. The molecule has 1 aliphatic heterocycles. The lowest BCUT2D eigenvalue weighted by Gasteiger charge is -2.34. The molecule has 0 spiro atoms. The van der Waals surface area contributed by atoms with E-state index in [0.29, 0.717) is 18.4 Å². The molecule has 1 heterocycles. The van der Waals surface area contributed by atoms with Gasteiger partial charge in [-0.2, -0.15) is 0 Å². The van der Waals surface area contributed by atoms with Crippen molar-refractivity contribution in [1.29, 1.82) is 0 Å². The van der Waals surface area contributed by atoms with Gasteiger partial charge in [-0.1, -0.05) is 36.3 Å². The van der Waals surface area contributed by atoms with E-state index in [4.69, 9.17) is 4.74 Å². The van der Waals surface area contributed by atoms with Crippen molar-refractivity contribution in [1.82, 2.24) is 0 Å². The third-order valence-electron chi connectivity index (χ3n) is 5.16. The van der Waals surface area contributed by atoms with Gasteiger partial charge in [-0.3, -0.25) is 0 Å². The van der Waals surface area contributed by atoms with Gasteiger partial charge in [0.05, 0.1) is 12.0 Å². The van der Waals surface area contributed by atoms with Gasteiger partial charge in [-0.05, 0) is 52.4 Å². The third kappa shape index (κ3) is 4.37. The maximum Gasteiger partial charge on any atom is 0.336 e. The zero-order valence-corrected chi connectivity index (χ0v) is 15.2. The minimum atomic E-state index is -1.16. The number of esters is 1. The molecule has 2 N–H and O–H groups in total. The van der Waals surface area contributed by atoms with Crippen molar-refractivity contribution in [3.8, 4) is 0 Å². The Hall–Kier alpha value is -1.39. The number of fused-ring (bicyclic) bond motifs is 1.